The molecular weight excluding hydrogens is 254 g/mol. The van der Waals surface area contributed by atoms with E-state index in [1.54, 1.807) is 7.11 Å². The van der Waals surface area contributed by atoms with Gasteiger partial charge in [0, 0.05) is 13.1 Å². The van der Waals surface area contributed by atoms with Crippen molar-refractivity contribution in [3.8, 4) is 5.75 Å². The van der Waals surface area contributed by atoms with Crippen molar-refractivity contribution >= 4 is 5.97 Å². The molecule has 20 heavy (non-hydrogen) atoms. The second-order valence-corrected chi connectivity index (χ2v) is 6.16. The predicted molar refractivity (Wildman–Crippen MR) is 77.7 cm³/mol. The number of ether oxygens (including phenoxy) is 2. The van der Waals surface area contributed by atoms with Gasteiger partial charge in [-0.15, -0.1) is 0 Å². The second kappa shape index (κ2) is 5.83. The van der Waals surface area contributed by atoms with Crippen LogP contribution in [-0.4, -0.2) is 36.2 Å². The standard InChI is InChI=1S/C16H23NO3/c1-16(2,3)20-15(18)14-9-10-17(14)11-12-5-7-13(19-4)8-6-12/h5-8,14H,9-11H2,1-4H3. The van der Waals surface area contributed by atoms with Gasteiger partial charge in [-0.1, -0.05) is 12.1 Å². The molecule has 2 rings (SSSR count). The molecule has 0 aromatic heterocycles. The number of rotatable bonds is 4. The first-order valence-electron chi connectivity index (χ1n) is 6.99. The Balaban J connectivity index is 1.91. The summed E-state index contributed by atoms with van der Waals surface area (Å²) in [5, 5.41) is 0. The van der Waals surface area contributed by atoms with Crippen LogP contribution in [0.5, 0.6) is 5.75 Å². The molecule has 1 fully saturated rings. The van der Waals surface area contributed by atoms with E-state index in [1.807, 2.05) is 45.0 Å². The van der Waals surface area contributed by atoms with Gasteiger partial charge in [-0.3, -0.25) is 9.69 Å². The molecule has 0 N–H and O–H groups in total. The van der Waals surface area contributed by atoms with E-state index in [-0.39, 0.29) is 12.0 Å². The molecule has 0 spiro atoms. The fourth-order valence-electron chi connectivity index (χ4n) is 2.23. The van der Waals surface area contributed by atoms with Crippen LogP contribution in [0.3, 0.4) is 0 Å². The molecule has 0 saturated carbocycles. The highest BCUT2D eigenvalue weighted by Gasteiger charge is 2.36. The molecule has 4 nitrogen and oxygen atoms in total. The Bertz CT molecular complexity index is 462. The van der Waals surface area contributed by atoms with Crippen molar-refractivity contribution in [1.29, 1.82) is 0 Å². The number of nitrogens with zero attached hydrogens (tertiary/aromatic N) is 1. The molecule has 4 heteroatoms. The van der Waals surface area contributed by atoms with Crippen molar-refractivity contribution in [2.24, 2.45) is 0 Å². The van der Waals surface area contributed by atoms with Gasteiger partial charge in [0.2, 0.25) is 0 Å². The molecule has 0 radical (unpaired) electrons. The van der Waals surface area contributed by atoms with Crippen LogP contribution in [0.15, 0.2) is 24.3 Å². The van der Waals surface area contributed by atoms with E-state index in [0.717, 1.165) is 25.3 Å². The van der Waals surface area contributed by atoms with Crippen molar-refractivity contribution in [2.45, 2.75) is 45.4 Å². The first kappa shape index (κ1) is 14.9. The average molecular weight is 277 g/mol. The van der Waals surface area contributed by atoms with Crippen molar-refractivity contribution in [1.82, 2.24) is 4.90 Å². The summed E-state index contributed by atoms with van der Waals surface area (Å²) in [5.41, 5.74) is 0.761. The minimum Gasteiger partial charge on any atom is -0.497 e. The second-order valence-electron chi connectivity index (χ2n) is 6.16. The summed E-state index contributed by atoms with van der Waals surface area (Å²) in [6.07, 6.45) is 0.880. The number of esters is 1. The van der Waals surface area contributed by atoms with Gasteiger partial charge >= 0.3 is 5.97 Å². The fraction of sp³-hybridized carbons (Fsp3) is 0.562. The number of hydrogen-bond acceptors (Lipinski definition) is 4. The minimum absolute atomic E-state index is 0.101. The summed E-state index contributed by atoms with van der Waals surface area (Å²) in [4.78, 5) is 14.2. The van der Waals surface area contributed by atoms with Gasteiger partial charge in [0.05, 0.1) is 7.11 Å². The lowest BCUT2D eigenvalue weighted by Crippen LogP contribution is -2.53. The zero-order valence-corrected chi connectivity index (χ0v) is 12.7. The Morgan fingerprint density at radius 2 is 1.95 bits per heavy atom. The molecule has 1 aromatic rings. The number of hydrogen-bond donors (Lipinski definition) is 0. The average Bonchev–Trinajstić information content (AvgIpc) is 2.33. The van der Waals surface area contributed by atoms with Crippen LogP contribution in [0, 0.1) is 0 Å². The molecule has 1 saturated heterocycles. The van der Waals surface area contributed by atoms with E-state index in [9.17, 15) is 4.79 Å². The number of likely N-dealkylation sites (tertiary alicyclic amines) is 1. The molecule has 1 atom stereocenters. The van der Waals surface area contributed by atoms with Crippen LogP contribution in [-0.2, 0) is 16.1 Å². The predicted octanol–water partition coefficient (Wildman–Crippen LogP) is 2.61. The number of carbonyl (C=O) groups is 1. The van der Waals surface area contributed by atoms with Gasteiger partial charge in [0.25, 0.3) is 0 Å². The van der Waals surface area contributed by atoms with Gasteiger partial charge in [-0.05, 0) is 44.9 Å². The van der Waals surface area contributed by atoms with E-state index in [4.69, 9.17) is 9.47 Å². The van der Waals surface area contributed by atoms with E-state index in [2.05, 4.69) is 4.90 Å². The highest BCUT2D eigenvalue weighted by Crippen LogP contribution is 2.24. The zero-order valence-electron chi connectivity index (χ0n) is 12.7. The quantitative estimate of drug-likeness (QED) is 0.793. The lowest BCUT2D eigenvalue weighted by atomic mass is 10.0. The molecule has 1 aromatic carbocycles. The summed E-state index contributed by atoms with van der Waals surface area (Å²) in [6.45, 7) is 7.41. The van der Waals surface area contributed by atoms with Crippen LogP contribution in [0.25, 0.3) is 0 Å². The van der Waals surface area contributed by atoms with Crippen molar-refractivity contribution < 1.29 is 14.3 Å². The number of benzene rings is 1. The Hall–Kier alpha value is -1.55. The lowest BCUT2D eigenvalue weighted by Gasteiger charge is -2.40. The first-order valence-corrected chi connectivity index (χ1v) is 6.99. The van der Waals surface area contributed by atoms with Crippen LogP contribution in [0.4, 0.5) is 0 Å². The topological polar surface area (TPSA) is 38.8 Å². The van der Waals surface area contributed by atoms with Gasteiger partial charge in [-0.2, -0.15) is 0 Å². The summed E-state index contributed by atoms with van der Waals surface area (Å²) in [7, 11) is 1.66. The summed E-state index contributed by atoms with van der Waals surface area (Å²) in [5.74, 6) is 0.735. The maximum Gasteiger partial charge on any atom is 0.323 e. The minimum atomic E-state index is -0.418. The summed E-state index contributed by atoms with van der Waals surface area (Å²) < 4.78 is 10.6. The van der Waals surface area contributed by atoms with Gasteiger partial charge in [-0.25, -0.2) is 0 Å². The van der Waals surface area contributed by atoms with Gasteiger partial charge < -0.3 is 9.47 Å². The fourth-order valence-corrected chi connectivity index (χ4v) is 2.23. The van der Waals surface area contributed by atoms with Crippen LogP contribution in [0.1, 0.15) is 32.8 Å². The largest absolute Gasteiger partial charge is 0.497 e. The molecule has 1 unspecified atom stereocenters. The SMILES string of the molecule is COc1ccc(CN2CCC2C(=O)OC(C)(C)C)cc1. The van der Waals surface area contributed by atoms with E-state index in [1.165, 1.54) is 5.56 Å². The molecule has 0 amide bonds. The summed E-state index contributed by atoms with van der Waals surface area (Å²) in [6, 6.07) is 7.85. The molecule has 1 heterocycles. The Morgan fingerprint density at radius 1 is 1.30 bits per heavy atom. The molecule has 110 valence electrons. The maximum absolute atomic E-state index is 12.1. The Morgan fingerprint density at radius 3 is 2.40 bits per heavy atom. The molecular formula is C16H23NO3. The molecule has 0 aliphatic carbocycles. The highest BCUT2D eigenvalue weighted by atomic mass is 16.6. The van der Waals surface area contributed by atoms with Crippen LogP contribution in [0.2, 0.25) is 0 Å². The Labute approximate surface area is 120 Å². The van der Waals surface area contributed by atoms with E-state index in [0.29, 0.717) is 0 Å². The third-order valence-electron chi connectivity index (χ3n) is 3.35. The first-order chi connectivity index (χ1) is 9.39. The van der Waals surface area contributed by atoms with Gasteiger partial charge in [0.15, 0.2) is 0 Å². The monoisotopic (exact) mass is 277 g/mol. The zero-order chi connectivity index (χ0) is 14.8. The normalized spacial score (nSPS) is 19.3. The van der Waals surface area contributed by atoms with Crippen LogP contribution >= 0.6 is 0 Å². The number of methoxy groups -OCH3 is 1. The smallest absolute Gasteiger partial charge is 0.323 e. The molecule has 0 bridgehead atoms. The van der Waals surface area contributed by atoms with E-state index >= 15 is 0 Å². The maximum atomic E-state index is 12.1. The molecule has 1 aliphatic heterocycles. The number of carbonyl (C=O) groups excluding carboxylic acids is 1. The summed E-state index contributed by atoms with van der Waals surface area (Å²) >= 11 is 0. The van der Waals surface area contributed by atoms with Crippen molar-refractivity contribution in [2.75, 3.05) is 13.7 Å². The third-order valence-corrected chi connectivity index (χ3v) is 3.35. The molecule has 1 aliphatic rings. The third kappa shape index (κ3) is 3.73. The lowest BCUT2D eigenvalue weighted by molar-refractivity contribution is -0.166. The van der Waals surface area contributed by atoms with Crippen molar-refractivity contribution in [3.05, 3.63) is 29.8 Å². The van der Waals surface area contributed by atoms with E-state index < -0.39 is 5.60 Å². The van der Waals surface area contributed by atoms with Crippen LogP contribution < -0.4 is 4.74 Å². The highest BCUT2D eigenvalue weighted by molar-refractivity contribution is 5.77. The van der Waals surface area contributed by atoms with Gasteiger partial charge in [0.1, 0.15) is 17.4 Å². The van der Waals surface area contributed by atoms with Crippen molar-refractivity contribution in [3.63, 3.8) is 0 Å². The Kier molecular flexibility index (Phi) is 4.33.